The fourth-order valence-corrected chi connectivity index (χ4v) is 2.65. The Kier molecular flexibility index (Phi) is 5.49. The van der Waals surface area contributed by atoms with Gasteiger partial charge in [0.1, 0.15) is 17.3 Å². The summed E-state index contributed by atoms with van der Waals surface area (Å²) in [5, 5.41) is 12.1. The number of aromatic nitrogens is 1. The number of hydrogen-bond acceptors (Lipinski definition) is 5. The van der Waals surface area contributed by atoms with Crippen LogP contribution in [-0.4, -0.2) is 22.5 Å². The maximum absolute atomic E-state index is 8.78. The van der Waals surface area contributed by atoms with Gasteiger partial charge in [-0.05, 0) is 37.6 Å². The number of thioether (sulfide) groups is 1. The predicted molar refractivity (Wildman–Crippen MR) is 83.0 cm³/mol. The molecule has 0 aliphatic rings. The van der Waals surface area contributed by atoms with E-state index < -0.39 is 0 Å². The number of aliphatic hydroxyl groups is 1. The van der Waals surface area contributed by atoms with Gasteiger partial charge in [-0.3, -0.25) is 0 Å². The second-order valence-corrected chi connectivity index (χ2v) is 5.72. The maximum atomic E-state index is 8.78. The topological polar surface area (TPSA) is 58.3 Å². The molecule has 0 saturated heterocycles. The molecule has 108 valence electrons. The van der Waals surface area contributed by atoms with Gasteiger partial charge in [0, 0.05) is 29.8 Å². The maximum Gasteiger partial charge on any atom is 0.126 e. The number of pyridine rings is 1. The van der Waals surface area contributed by atoms with E-state index in [1.54, 1.807) is 11.8 Å². The molecule has 0 fully saturated rings. The van der Waals surface area contributed by atoms with Crippen LogP contribution in [0.5, 0.6) is 0 Å². The molecule has 2 heterocycles. The second kappa shape index (κ2) is 7.36. The van der Waals surface area contributed by atoms with Crippen LogP contribution < -0.4 is 5.32 Å². The molecular formula is C15H20N2O2S. The van der Waals surface area contributed by atoms with E-state index in [0.717, 1.165) is 34.4 Å². The zero-order chi connectivity index (χ0) is 14.4. The third kappa shape index (κ3) is 4.28. The molecular weight excluding hydrogens is 272 g/mol. The van der Waals surface area contributed by atoms with Gasteiger partial charge in [-0.2, -0.15) is 11.8 Å². The molecule has 0 amide bonds. The van der Waals surface area contributed by atoms with Crippen molar-refractivity contribution in [3.05, 3.63) is 47.0 Å². The lowest BCUT2D eigenvalue weighted by molar-refractivity contribution is 0.322. The van der Waals surface area contributed by atoms with Crippen LogP contribution in [0, 0.1) is 13.8 Å². The highest BCUT2D eigenvalue weighted by molar-refractivity contribution is 7.98. The zero-order valence-electron chi connectivity index (χ0n) is 11.8. The Hall–Kier alpha value is -1.46. The van der Waals surface area contributed by atoms with Crippen LogP contribution in [0.3, 0.4) is 0 Å². The predicted octanol–water partition coefficient (Wildman–Crippen LogP) is 3.13. The lowest BCUT2D eigenvalue weighted by atomic mass is 10.2. The van der Waals surface area contributed by atoms with Crippen molar-refractivity contribution >= 4 is 17.6 Å². The Morgan fingerprint density at radius 1 is 1.35 bits per heavy atom. The normalized spacial score (nSPS) is 10.8. The zero-order valence-corrected chi connectivity index (χ0v) is 12.7. The summed E-state index contributed by atoms with van der Waals surface area (Å²) >= 11 is 1.71. The first kappa shape index (κ1) is 14.9. The number of aliphatic hydroxyl groups excluding tert-OH is 1. The van der Waals surface area contributed by atoms with E-state index in [1.807, 2.05) is 38.2 Å². The number of anilines is 1. The Labute approximate surface area is 123 Å². The average Bonchev–Trinajstić information content (AvgIpc) is 2.76. The van der Waals surface area contributed by atoms with Crippen LogP contribution in [0.15, 0.2) is 28.8 Å². The van der Waals surface area contributed by atoms with Gasteiger partial charge >= 0.3 is 0 Å². The Morgan fingerprint density at radius 3 is 2.90 bits per heavy atom. The molecule has 0 bridgehead atoms. The van der Waals surface area contributed by atoms with Crippen LogP contribution in [0.2, 0.25) is 0 Å². The van der Waals surface area contributed by atoms with Gasteiger partial charge in [-0.15, -0.1) is 0 Å². The molecule has 0 aliphatic heterocycles. The molecule has 0 aliphatic carbocycles. The minimum absolute atomic E-state index is 0.222. The van der Waals surface area contributed by atoms with Gasteiger partial charge in [-0.25, -0.2) is 4.98 Å². The largest absolute Gasteiger partial charge is 0.466 e. The van der Waals surface area contributed by atoms with E-state index in [1.165, 1.54) is 5.56 Å². The fraction of sp³-hybridized carbons (Fsp3) is 0.400. The molecule has 0 spiro atoms. The first-order valence-electron chi connectivity index (χ1n) is 6.62. The van der Waals surface area contributed by atoms with Gasteiger partial charge in [0.2, 0.25) is 0 Å². The van der Waals surface area contributed by atoms with E-state index >= 15 is 0 Å². The highest BCUT2D eigenvalue weighted by Crippen LogP contribution is 2.17. The van der Waals surface area contributed by atoms with Crippen LogP contribution in [-0.2, 0) is 12.3 Å². The summed E-state index contributed by atoms with van der Waals surface area (Å²) < 4.78 is 5.50. The van der Waals surface area contributed by atoms with Crippen molar-refractivity contribution in [2.24, 2.45) is 0 Å². The van der Waals surface area contributed by atoms with E-state index in [0.29, 0.717) is 6.54 Å². The summed E-state index contributed by atoms with van der Waals surface area (Å²) in [6, 6.07) is 6.10. The Morgan fingerprint density at radius 2 is 2.20 bits per heavy atom. The van der Waals surface area contributed by atoms with Crippen molar-refractivity contribution in [1.29, 1.82) is 0 Å². The summed E-state index contributed by atoms with van der Waals surface area (Å²) in [5.74, 6) is 4.40. The first-order chi connectivity index (χ1) is 9.69. The minimum Gasteiger partial charge on any atom is -0.466 e. The fourth-order valence-electron chi connectivity index (χ4n) is 1.96. The van der Waals surface area contributed by atoms with Crippen molar-refractivity contribution in [3.8, 4) is 0 Å². The molecule has 2 rings (SSSR count). The van der Waals surface area contributed by atoms with Crippen LogP contribution >= 0.6 is 11.8 Å². The summed E-state index contributed by atoms with van der Waals surface area (Å²) in [6.07, 6.45) is 1.81. The van der Waals surface area contributed by atoms with E-state index in [9.17, 15) is 0 Å². The van der Waals surface area contributed by atoms with Gasteiger partial charge in [-0.1, -0.05) is 0 Å². The molecule has 2 aromatic heterocycles. The summed E-state index contributed by atoms with van der Waals surface area (Å²) in [7, 11) is 0. The average molecular weight is 292 g/mol. The molecule has 4 nitrogen and oxygen atoms in total. The van der Waals surface area contributed by atoms with Crippen molar-refractivity contribution in [2.75, 3.05) is 17.7 Å². The summed E-state index contributed by atoms with van der Waals surface area (Å²) in [4.78, 5) is 4.32. The SMILES string of the molecule is Cc1cc(CNc2cc(CSCCO)ccn2)c(C)o1. The lowest BCUT2D eigenvalue weighted by Crippen LogP contribution is -2.02. The van der Waals surface area contributed by atoms with Crippen molar-refractivity contribution in [3.63, 3.8) is 0 Å². The third-order valence-electron chi connectivity index (χ3n) is 2.93. The van der Waals surface area contributed by atoms with Crippen LogP contribution in [0.25, 0.3) is 0 Å². The van der Waals surface area contributed by atoms with E-state index in [-0.39, 0.29) is 6.61 Å². The smallest absolute Gasteiger partial charge is 0.126 e. The third-order valence-corrected chi connectivity index (χ3v) is 3.94. The first-order valence-corrected chi connectivity index (χ1v) is 7.78. The van der Waals surface area contributed by atoms with Gasteiger partial charge < -0.3 is 14.8 Å². The number of nitrogens with one attached hydrogen (secondary N) is 1. The number of rotatable bonds is 7. The molecule has 0 saturated carbocycles. The van der Waals surface area contributed by atoms with Gasteiger partial charge in [0.15, 0.2) is 0 Å². The molecule has 2 N–H and O–H groups in total. The molecule has 0 atom stereocenters. The number of aryl methyl sites for hydroxylation is 2. The van der Waals surface area contributed by atoms with Crippen molar-refractivity contribution in [2.45, 2.75) is 26.1 Å². The Balaban J connectivity index is 1.92. The quantitative estimate of drug-likeness (QED) is 0.768. The Bertz CT molecular complexity index is 555. The van der Waals surface area contributed by atoms with E-state index in [4.69, 9.17) is 9.52 Å². The molecule has 0 aromatic carbocycles. The highest BCUT2D eigenvalue weighted by Gasteiger charge is 2.05. The number of nitrogens with zero attached hydrogens (tertiary/aromatic N) is 1. The number of furan rings is 1. The summed E-state index contributed by atoms with van der Waals surface area (Å²) in [5.41, 5.74) is 2.37. The highest BCUT2D eigenvalue weighted by atomic mass is 32.2. The van der Waals surface area contributed by atoms with E-state index in [2.05, 4.69) is 10.3 Å². The second-order valence-electron chi connectivity index (χ2n) is 4.62. The van der Waals surface area contributed by atoms with Gasteiger partial charge in [0.25, 0.3) is 0 Å². The molecule has 0 unspecified atom stereocenters. The minimum atomic E-state index is 0.222. The summed E-state index contributed by atoms with van der Waals surface area (Å²) in [6.45, 7) is 4.86. The molecule has 0 radical (unpaired) electrons. The van der Waals surface area contributed by atoms with Crippen molar-refractivity contribution in [1.82, 2.24) is 4.98 Å². The lowest BCUT2D eigenvalue weighted by Gasteiger charge is -2.07. The standard InChI is InChI=1S/C15H20N2O2S/c1-11-7-14(12(2)19-11)9-17-15-8-13(3-4-16-15)10-20-6-5-18/h3-4,7-8,18H,5-6,9-10H2,1-2H3,(H,16,17). The molecule has 2 aromatic rings. The van der Waals surface area contributed by atoms with Crippen LogP contribution in [0.4, 0.5) is 5.82 Å². The monoisotopic (exact) mass is 292 g/mol. The van der Waals surface area contributed by atoms with Gasteiger partial charge in [0.05, 0.1) is 6.61 Å². The molecule has 20 heavy (non-hydrogen) atoms. The van der Waals surface area contributed by atoms with Crippen LogP contribution in [0.1, 0.15) is 22.6 Å². The van der Waals surface area contributed by atoms with Crippen molar-refractivity contribution < 1.29 is 9.52 Å². The number of hydrogen-bond donors (Lipinski definition) is 2. The molecule has 5 heteroatoms.